The van der Waals surface area contributed by atoms with Crippen molar-refractivity contribution in [2.24, 2.45) is 7.05 Å². The lowest BCUT2D eigenvalue weighted by molar-refractivity contribution is -0.136. The first kappa shape index (κ1) is 40.9. The van der Waals surface area contributed by atoms with Crippen LogP contribution < -0.4 is 21.5 Å². The topological polar surface area (TPSA) is 196 Å². The third-order valence-electron chi connectivity index (χ3n) is 11.1. The average Bonchev–Trinajstić information content (AvgIpc) is 3.47. The maximum atomic E-state index is 13.4. The molecule has 1 aromatic heterocycles. The van der Waals surface area contributed by atoms with E-state index in [1.807, 2.05) is 29.2 Å². The number of carbonyl (C=O) groups is 6. The Kier molecular flexibility index (Phi) is 12.5. The van der Waals surface area contributed by atoms with Crippen molar-refractivity contribution in [2.45, 2.75) is 43.7 Å². The number of hydrogen-bond donors (Lipinski definition) is 3. The zero-order chi connectivity index (χ0) is 41.1. The fourth-order valence-electron chi connectivity index (χ4n) is 8.04. The third-order valence-corrected chi connectivity index (χ3v) is 11.9. The molecule has 0 aliphatic carbocycles. The number of likely N-dealkylation sites (N-methyl/N-ethyl adjacent to an activating group) is 1. The highest BCUT2D eigenvalue weighted by atomic mass is 79.9. The molecule has 7 rings (SSSR count). The molecule has 306 valence electrons. The number of nitrogens with one attached hydrogen (secondary N) is 3. The monoisotopic (exact) mass is 859 g/mol. The second-order valence-electron chi connectivity index (χ2n) is 15.1. The molecule has 5 heterocycles. The van der Waals surface area contributed by atoms with E-state index in [0.29, 0.717) is 55.1 Å². The molecule has 6 amide bonds. The summed E-state index contributed by atoms with van der Waals surface area (Å²) >= 11 is 3.41. The minimum absolute atomic E-state index is 0.00409. The van der Waals surface area contributed by atoms with Crippen molar-refractivity contribution < 1.29 is 33.5 Å². The van der Waals surface area contributed by atoms with Crippen molar-refractivity contribution in [3.05, 3.63) is 85.7 Å². The smallest absolute Gasteiger partial charge is 0.282 e. The summed E-state index contributed by atoms with van der Waals surface area (Å²) in [6, 6.07) is 11.5. The van der Waals surface area contributed by atoms with Gasteiger partial charge in [-0.25, -0.2) is 4.68 Å². The fourth-order valence-corrected chi connectivity index (χ4v) is 8.52. The van der Waals surface area contributed by atoms with Gasteiger partial charge in [-0.15, -0.1) is 0 Å². The first-order valence-corrected chi connectivity index (χ1v) is 20.2. The van der Waals surface area contributed by atoms with Gasteiger partial charge in [0.05, 0.1) is 48.3 Å². The van der Waals surface area contributed by atoms with Crippen LogP contribution in [0.15, 0.2) is 57.9 Å². The van der Waals surface area contributed by atoms with E-state index < -0.39 is 35.6 Å². The molecule has 3 saturated heterocycles. The summed E-state index contributed by atoms with van der Waals surface area (Å²) in [5.74, 6) is -2.65. The first-order chi connectivity index (χ1) is 27.9. The third kappa shape index (κ3) is 8.89. The molecule has 3 unspecified atom stereocenters. The molecule has 0 spiro atoms. The van der Waals surface area contributed by atoms with Crippen LogP contribution in [0.3, 0.4) is 0 Å². The van der Waals surface area contributed by atoms with Crippen LogP contribution in [0.5, 0.6) is 0 Å². The Morgan fingerprint density at radius 1 is 0.931 bits per heavy atom. The number of benzene rings is 2. The molecule has 0 bridgehead atoms. The number of fused-ring (bicyclic) bond motifs is 1. The molecule has 3 atom stereocenters. The molecule has 3 fully saturated rings. The largest absolute Gasteiger partial charge is 0.380 e. The average molecular weight is 861 g/mol. The van der Waals surface area contributed by atoms with Crippen LogP contribution in [0.1, 0.15) is 68.2 Å². The maximum Gasteiger partial charge on any atom is 0.282 e. The van der Waals surface area contributed by atoms with Crippen molar-refractivity contribution >= 4 is 62.7 Å². The molecule has 2 aromatic carbocycles. The maximum absolute atomic E-state index is 13.4. The van der Waals surface area contributed by atoms with Crippen LogP contribution in [0.2, 0.25) is 0 Å². The summed E-state index contributed by atoms with van der Waals surface area (Å²) in [6.45, 7) is 5.43. The Morgan fingerprint density at radius 2 is 1.69 bits per heavy atom. The van der Waals surface area contributed by atoms with Gasteiger partial charge in [0.15, 0.2) is 0 Å². The molecule has 3 N–H and O–H groups in total. The summed E-state index contributed by atoms with van der Waals surface area (Å²) < 4.78 is 7.50. The van der Waals surface area contributed by atoms with Gasteiger partial charge >= 0.3 is 0 Å². The van der Waals surface area contributed by atoms with E-state index in [9.17, 15) is 33.6 Å². The van der Waals surface area contributed by atoms with Gasteiger partial charge in [0.25, 0.3) is 23.3 Å². The minimum atomic E-state index is -1.10. The zero-order valence-corrected chi connectivity index (χ0v) is 34.0. The van der Waals surface area contributed by atoms with Gasteiger partial charge in [-0.05, 0) is 71.6 Å². The van der Waals surface area contributed by atoms with Crippen LogP contribution in [0, 0.1) is 0 Å². The second kappa shape index (κ2) is 17.7. The number of nitrogens with zero attached hydrogens (tertiary/aromatic N) is 6. The van der Waals surface area contributed by atoms with Crippen LogP contribution in [-0.4, -0.2) is 143 Å². The predicted octanol–water partition coefficient (Wildman–Crippen LogP) is 1.65. The number of hydrogen-bond acceptors (Lipinski definition) is 12. The standard InChI is InChI=1S/C40H46BrN9O8/c1-46-22-26(20-27(23-46)43-30-21-42-47(2)40(57)35(30)41)24-6-8-25(9-7-24)37(54)49-15-13-48(14-16-49)17-19-58-18-12-33(52)44-29-5-3-4-28-34(29)39(56)50(38(28)55)31-10-11-32(51)45-36(31)53/h3-9,21,26-27,31,43H,10-20,22-23H2,1-2H3,(H,44,52)(H,45,51,53). The summed E-state index contributed by atoms with van der Waals surface area (Å²) in [5.41, 5.74) is 2.56. The molecule has 0 radical (unpaired) electrons. The highest BCUT2D eigenvalue weighted by Gasteiger charge is 2.45. The van der Waals surface area contributed by atoms with E-state index in [4.69, 9.17) is 4.74 Å². The SMILES string of the molecule is CN1CC(Nc2cnn(C)c(=O)c2Br)CC(c2ccc(C(=O)N3CCN(CCOCCC(=O)Nc4cccc5c4C(=O)N(C4CCC(=O)NC4=O)C5=O)CC3)cc2)C1. The van der Waals surface area contributed by atoms with Crippen LogP contribution in [0.25, 0.3) is 0 Å². The summed E-state index contributed by atoms with van der Waals surface area (Å²) in [7, 11) is 3.70. The molecule has 4 aliphatic heterocycles. The lowest BCUT2D eigenvalue weighted by Crippen LogP contribution is -2.54. The van der Waals surface area contributed by atoms with Crippen molar-refractivity contribution in [1.29, 1.82) is 0 Å². The van der Waals surface area contributed by atoms with Gasteiger partial charge in [-0.1, -0.05) is 18.2 Å². The molecule has 3 aromatic rings. The van der Waals surface area contributed by atoms with Crippen molar-refractivity contribution in [1.82, 2.24) is 34.7 Å². The lowest BCUT2D eigenvalue weighted by Gasteiger charge is -2.37. The Morgan fingerprint density at radius 3 is 2.43 bits per heavy atom. The van der Waals surface area contributed by atoms with Gasteiger partial charge in [0.1, 0.15) is 10.5 Å². The molecular formula is C40H46BrN9O8. The van der Waals surface area contributed by atoms with Gasteiger partial charge in [-0.3, -0.25) is 48.7 Å². The van der Waals surface area contributed by atoms with Gasteiger partial charge < -0.3 is 25.2 Å². The fraction of sp³-hybridized carbons (Fsp3) is 0.450. The predicted molar refractivity (Wildman–Crippen MR) is 215 cm³/mol. The van der Waals surface area contributed by atoms with Crippen LogP contribution >= 0.6 is 15.9 Å². The van der Waals surface area contributed by atoms with Gasteiger partial charge in [0, 0.05) is 70.9 Å². The summed E-state index contributed by atoms with van der Waals surface area (Å²) in [4.78, 5) is 96.1. The first-order valence-electron chi connectivity index (χ1n) is 19.4. The molecule has 0 saturated carbocycles. The minimum Gasteiger partial charge on any atom is -0.380 e. The quantitative estimate of drug-likeness (QED) is 0.176. The number of aromatic nitrogens is 2. The normalized spacial score (nSPS) is 21.5. The number of piperidine rings is 2. The van der Waals surface area contributed by atoms with E-state index in [2.05, 4.69) is 53.8 Å². The number of ether oxygens (including phenoxy) is 1. The Labute approximate surface area is 343 Å². The number of halogens is 1. The van der Waals surface area contributed by atoms with Crippen molar-refractivity contribution in [2.75, 3.05) is 76.7 Å². The van der Waals surface area contributed by atoms with Crippen molar-refractivity contribution in [3.8, 4) is 0 Å². The molecule has 18 heteroatoms. The van der Waals surface area contributed by atoms with Gasteiger partial charge in [0.2, 0.25) is 17.7 Å². The summed E-state index contributed by atoms with van der Waals surface area (Å²) in [5, 5.41) is 12.5. The number of piperazine rings is 1. The highest BCUT2D eigenvalue weighted by Crippen LogP contribution is 2.33. The molecular weight excluding hydrogens is 814 g/mol. The second-order valence-corrected chi connectivity index (χ2v) is 15.9. The van der Waals surface area contributed by atoms with Gasteiger partial charge in [-0.2, -0.15) is 5.10 Å². The summed E-state index contributed by atoms with van der Waals surface area (Å²) in [6.07, 6.45) is 2.60. The number of amides is 6. The Hall–Kier alpha value is -5.30. The molecule has 58 heavy (non-hydrogen) atoms. The zero-order valence-electron chi connectivity index (χ0n) is 32.4. The number of carbonyl (C=O) groups excluding carboxylic acids is 6. The number of likely N-dealkylation sites (tertiary alicyclic amines) is 1. The van der Waals surface area contributed by atoms with Crippen LogP contribution in [-0.2, 0) is 26.2 Å². The Bertz CT molecular complexity index is 2170. The van der Waals surface area contributed by atoms with E-state index in [0.717, 1.165) is 30.0 Å². The molecule has 4 aliphatic rings. The van der Waals surface area contributed by atoms with E-state index in [1.165, 1.54) is 16.8 Å². The molecule has 17 nitrogen and oxygen atoms in total. The van der Waals surface area contributed by atoms with E-state index in [1.54, 1.807) is 19.3 Å². The number of rotatable bonds is 12. The number of imide groups is 2. The van der Waals surface area contributed by atoms with Crippen LogP contribution in [0.4, 0.5) is 11.4 Å². The number of aryl methyl sites for hydroxylation is 1. The number of anilines is 2. The van der Waals surface area contributed by atoms with E-state index in [-0.39, 0.29) is 66.1 Å². The highest BCUT2D eigenvalue weighted by molar-refractivity contribution is 9.10. The van der Waals surface area contributed by atoms with E-state index >= 15 is 0 Å². The lowest BCUT2D eigenvalue weighted by atomic mass is 9.87. The van der Waals surface area contributed by atoms with Crippen molar-refractivity contribution in [3.63, 3.8) is 0 Å². The Balaban J connectivity index is 0.819.